The molecule has 1 aromatic rings. The average Bonchev–Trinajstić information content (AvgIpc) is 2.63. The number of amides is 1. The van der Waals surface area contributed by atoms with Crippen LogP contribution >= 0.6 is 0 Å². The second-order valence-electron chi connectivity index (χ2n) is 7.78. The van der Waals surface area contributed by atoms with E-state index in [1.807, 2.05) is 4.90 Å². The summed E-state index contributed by atoms with van der Waals surface area (Å²) in [5.41, 5.74) is 6.38. The molecule has 0 aromatic heterocycles. The molecule has 1 heterocycles. The number of nitrogens with one attached hydrogen (secondary N) is 1. The first-order valence-corrected chi connectivity index (χ1v) is 9.63. The summed E-state index contributed by atoms with van der Waals surface area (Å²) in [6, 6.07) is 2.82. The van der Waals surface area contributed by atoms with Crippen molar-refractivity contribution in [2.24, 2.45) is 5.92 Å². The number of nitro benzene ring substituents is 1. The Morgan fingerprint density at radius 1 is 1.22 bits per heavy atom. The van der Waals surface area contributed by atoms with Gasteiger partial charge in [-0.05, 0) is 50.5 Å². The normalized spacial score (nSPS) is 23.9. The quantitative estimate of drug-likeness (QED) is 0.475. The zero-order chi connectivity index (χ0) is 19.6. The van der Waals surface area contributed by atoms with Crippen LogP contribution in [-0.4, -0.2) is 36.1 Å². The first kappa shape index (κ1) is 19.4. The predicted molar refractivity (Wildman–Crippen MR) is 103 cm³/mol. The molecule has 2 fully saturated rings. The molecule has 3 N–H and O–H groups in total. The van der Waals surface area contributed by atoms with Crippen molar-refractivity contribution in [2.45, 2.75) is 57.7 Å². The maximum absolute atomic E-state index is 13.5. The third kappa shape index (κ3) is 4.48. The number of halogens is 1. The van der Waals surface area contributed by atoms with Gasteiger partial charge in [0.05, 0.1) is 16.2 Å². The Kier molecular flexibility index (Phi) is 5.82. The molecule has 2 aliphatic rings. The van der Waals surface area contributed by atoms with Crippen LogP contribution < -0.4 is 16.0 Å². The summed E-state index contributed by atoms with van der Waals surface area (Å²) in [6.07, 6.45) is 3.84. The number of nitrogen functional groups attached to an aromatic ring is 1. The van der Waals surface area contributed by atoms with Crippen LogP contribution in [0.2, 0.25) is 0 Å². The second-order valence-corrected chi connectivity index (χ2v) is 7.78. The molecule has 1 saturated heterocycles. The Balaban J connectivity index is 1.87. The van der Waals surface area contributed by atoms with Gasteiger partial charge < -0.3 is 16.0 Å². The summed E-state index contributed by atoms with van der Waals surface area (Å²) in [6.45, 7) is 3.12. The third-order valence-corrected chi connectivity index (χ3v) is 5.70. The largest absolute Gasteiger partial charge is 0.393 e. The van der Waals surface area contributed by atoms with Crippen molar-refractivity contribution in [3.05, 3.63) is 27.8 Å². The van der Waals surface area contributed by atoms with Crippen LogP contribution in [0.5, 0.6) is 0 Å². The Morgan fingerprint density at radius 3 is 2.44 bits per heavy atom. The number of hydrogen-bond donors (Lipinski definition) is 2. The van der Waals surface area contributed by atoms with Crippen LogP contribution in [0, 0.1) is 16.0 Å². The fourth-order valence-electron chi connectivity index (χ4n) is 3.95. The molecule has 1 aliphatic carbocycles. The van der Waals surface area contributed by atoms with Gasteiger partial charge in [0.15, 0.2) is 0 Å². The van der Waals surface area contributed by atoms with Crippen LogP contribution in [0.3, 0.4) is 0 Å². The standard InChI is InChI=1S/C19H27FN4O3/c1-12-2-4-14(5-3-12)22-19(25)15-10-18(24(26)27)16(21)11-17(15)23-8-6-13(20)7-9-23/h10-14H,2-9,21H2,1H3,(H,22,25)/t12-,14-. The van der Waals surface area contributed by atoms with Gasteiger partial charge in [-0.25, -0.2) is 4.39 Å². The average molecular weight is 378 g/mol. The minimum absolute atomic E-state index is 0.0143. The minimum atomic E-state index is -0.849. The molecule has 0 radical (unpaired) electrons. The Bertz CT molecular complexity index is 711. The van der Waals surface area contributed by atoms with Crippen LogP contribution in [0.1, 0.15) is 55.8 Å². The van der Waals surface area contributed by atoms with Gasteiger partial charge in [0.2, 0.25) is 0 Å². The third-order valence-electron chi connectivity index (χ3n) is 5.70. The van der Waals surface area contributed by atoms with Gasteiger partial charge in [-0.3, -0.25) is 14.9 Å². The summed E-state index contributed by atoms with van der Waals surface area (Å²) < 4.78 is 13.5. The van der Waals surface area contributed by atoms with Crippen molar-refractivity contribution in [3.63, 3.8) is 0 Å². The number of hydrogen-bond acceptors (Lipinski definition) is 5. The first-order valence-electron chi connectivity index (χ1n) is 9.63. The lowest BCUT2D eigenvalue weighted by Gasteiger charge is -2.32. The molecule has 8 heteroatoms. The Labute approximate surface area is 158 Å². The molecule has 7 nitrogen and oxygen atoms in total. The van der Waals surface area contributed by atoms with Gasteiger partial charge in [-0.15, -0.1) is 0 Å². The highest BCUT2D eigenvalue weighted by Crippen LogP contribution is 2.34. The van der Waals surface area contributed by atoms with E-state index in [-0.39, 0.29) is 28.9 Å². The van der Waals surface area contributed by atoms with Crippen molar-refractivity contribution in [2.75, 3.05) is 23.7 Å². The summed E-state index contributed by atoms with van der Waals surface area (Å²) in [7, 11) is 0. The van der Waals surface area contributed by atoms with Crippen LogP contribution in [0.25, 0.3) is 0 Å². The number of anilines is 2. The molecule has 0 bridgehead atoms. The highest BCUT2D eigenvalue weighted by atomic mass is 19.1. The van der Waals surface area contributed by atoms with E-state index in [1.54, 1.807) is 0 Å². The van der Waals surface area contributed by atoms with E-state index in [9.17, 15) is 19.3 Å². The number of carbonyl (C=O) groups is 1. The highest BCUT2D eigenvalue weighted by Gasteiger charge is 2.28. The topological polar surface area (TPSA) is 101 Å². The fourth-order valence-corrected chi connectivity index (χ4v) is 3.95. The summed E-state index contributed by atoms with van der Waals surface area (Å²) >= 11 is 0. The molecule has 0 unspecified atom stereocenters. The van der Waals surface area contributed by atoms with E-state index in [4.69, 9.17) is 5.73 Å². The Morgan fingerprint density at radius 2 is 1.85 bits per heavy atom. The zero-order valence-electron chi connectivity index (χ0n) is 15.6. The van der Waals surface area contributed by atoms with Crippen LogP contribution in [0.15, 0.2) is 12.1 Å². The van der Waals surface area contributed by atoms with E-state index in [2.05, 4.69) is 12.2 Å². The molecular weight excluding hydrogens is 351 g/mol. The smallest absolute Gasteiger partial charge is 0.293 e. The van der Waals surface area contributed by atoms with Crippen LogP contribution in [0.4, 0.5) is 21.5 Å². The lowest BCUT2D eigenvalue weighted by molar-refractivity contribution is -0.383. The highest BCUT2D eigenvalue weighted by molar-refractivity contribution is 6.02. The lowest BCUT2D eigenvalue weighted by atomic mass is 9.87. The number of carbonyl (C=O) groups excluding carboxylic acids is 1. The number of benzene rings is 1. The zero-order valence-corrected chi connectivity index (χ0v) is 15.6. The van der Waals surface area contributed by atoms with E-state index in [1.165, 1.54) is 12.1 Å². The number of nitro groups is 1. The molecule has 148 valence electrons. The van der Waals surface area contributed by atoms with Gasteiger partial charge in [0.25, 0.3) is 11.6 Å². The molecule has 0 spiro atoms. The van der Waals surface area contributed by atoms with Gasteiger partial charge in [-0.2, -0.15) is 0 Å². The molecule has 1 amide bonds. The van der Waals surface area contributed by atoms with Crippen molar-refractivity contribution >= 4 is 23.0 Å². The van der Waals surface area contributed by atoms with E-state index in [0.717, 1.165) is 25.7 Å². The van der Waals surface area contributed by atoms with Crippen molar-refractivity contribution < 1.29 is 14.1 Å². The molecule has 27 heavy (non-hydrogen) atoms. The molecule has 1 aliphatic heterocycles. The van der Waals surface area contributed by atoms with E-state index >= 15 is 0 Å². The number of nitrogens with two attached hydrogens (primary N) is 1. The predicted octanol–water partition coefficient (Wildman–Crippen LogP) is 3.42. The molecule has 0 atom stereocenters. The number of alkyl halides is 1. The molecule has 1 saturated carbocycles. The summed E-state index contributed by atoms with van der Waals surface area (Å²) in [4.78, 5) is 25.5. The first-order chi connectivity index (χ1) is 12.8. The summed E-state index contributed by atoms with van der Waals surface area (Å²) in [5, 5.41) is 14.3. The SMILES string of the molecule is C[C@H]1CC[C@H](NC(=O)c2cc([N+](=O)[O-])c(N)cc2N2CCC(F)CC2)CC1. The molecule has 1 aromatic carbocycles. The number of piperidine rings is 1. The van der Waals surface area contributed by atoms with Crippen molar-refractivity contribution in [1.29, 1.82) is 0 Å². The molecule has 3 rings (SSSR count). The molecular formula is C19H27FN4O3. The van der Waals surface area contributed by atoms with Crippen LogP contribution in [-0.2, 0) is 0 Å². The monoisotopic (exact) mass is 378 g/mol. The Hall–Kier alpha value is -2.38. The van der Waals surface area contributed by atoms with Crippen molar-refractivity contribution in [1.82, 2.24) is 5.32 Å². The maximum atomic E-state index is 13.5. The fraction of sp³-hybridized carbons (Fsp3) is 0.632. The van der Waals surface area contributed by atoms with Gasteiger partial charge in [-0.1, -0.05) is 6.92 Å². The van der Waals surface area contributed by atoms with E-state index < -0.39 is 11.1 Å². The lowest BCUT2D eigenvalue weighted by Crippen LogP contribution is -2.39. The van der Waals surface area contributed by atoms with Gasteiger partial charge >= 0.3 is 0 Å². The number of nitrogens with zero attached hydrogens (tertiary/aromatic N) is 2. The maximum Gasteiger partial charge on any atom is 0.293 e. The van der Waals surface area contributed by atoms with Gasteiger partial charge in [0.1, 0.15) is 11.9 Å². The van der Waals surface area contributed by atoms with E-state index in [0.29, 0.717) is 37.5 Å². The van der Waals surface area contributed by atoms with Gasteiger partial charge in [0, 0.05) is 25.2 Å². The number of rotatable bonds is 4. The summed E-state index contributed by atoms with van der Waals surface area (Å²) in [5.74, 6) is 0.336. The van der Waals surface area contributed by atoms with Crippen molar-refractivity contribution in [3.8, 4) is 0 Å². The second kappa shape index (κ2) is 8.10. The minimum Gasteiger partial charge on any atom is -0.393 e.